The van der Waals surface area contributed by atoms with Gasteiger partial charge in [-0.1, -0.05) is 56.0 Å². The van der Waals surface area contributed by atoms with Gasteiger partial charge in [-0.2, -0.15) is 0 Å². The third-order valence-electron chi connectivity index (χ3n) is 3.70. The number of aliphatic hydroxyl groups is 1. The van der Waals surface area contributed by atoms with E-state index >= 15 is 0 Å². The van der Waals surface area contributed by atoms with Crippen LogP contribution in [0, 0.1) is 5.92 Å². The summed E-state index contributed by atoms with van der Waals surface area (Å²) in [6.07, 6.45) is 1.72. The van der Waals surface area contributed by atoms with Crippen molar-refractivity contribution >= 4 is 23.1 Å². The molecule has 1 aromatic carbocycles. The van der Waals surface area contributed by atoms with Gasteiger partial charge in [0.15, 0.2) is 0 Å². The van der Waals surface area contributed by atoms with Crippen LogP contribution in [0.25, 0.3) is 0 Å². The van der Waals surface area contributed by atoms with Gasteiger partial charge in [0.1, 0.15) is 0 Å². The Balaban J connectivity index is 2.35. The first-order valence-corrected chi connectivity index (χ1v) is 8.92. The lowest BCUT2D eigenvalue weighted by atomic mass is 10.0. The molecule has 1 saturated heterocycles. The SMILES string of the molecule is C[C@@H]1C[P@@](=S)(c2ccccc2)[C@H](C)C[C@H]1O. The molecule has 0 bridgehead atoms. The predicted molar refractivity (Wildman–Crippen MR) is 74.5 cm³/mol. The van der Waals surface area contributed by atoms with Crippen molar-refractivity contribution in [3.8, 4) is 0 Å². The lowest BCUT2D eigenvalue weighted by molar-refractivity contribution is 0.112. The van der Waals surface area contributed by atoms with Crippen LogP contribution in [0.2, 0.25) is 0 Å². The molecule has 3 heteroatoms. The zero-order valence-corrected chi connectivity index (χ0v) is 11.5. The van der Waals surface area contributed by atoms with Gasteiger partial charge in [0.2, 0.25) is 0 Å². The normalized spacial score (nSPS) is 39.6. The summed E-state index contributed by atoms with van der Waals surface area (Å²) in [5.41, 5.74) is 0.469. The smallest absolute Gasteiger partial charge is 0.0575 e. The van der Waals surface area contributed by atoms with Crippen molar-refractivity contribution in [1.82, 2.24) is 0 Å². The van der Waals surface area contributed by atoms with E-state index in [0.717, 1.165) is 12.6 Å². The van der Waals surface area contributed by atoms with Crippen LogP contribution in [-0.4, -0.2) is 23.0 Å². The summed E-state index contributed by atoms with van der Waals surface area (Å²) < 4.78 is 0. The predicted octanol–water partition coefficient (Wildman–Crippen LogP) is 2.58. The Kier molecular flexibility index (Phi) is 3.53. The van der Waals surface area contributed by atoms with Crippen molar-refractivity contribution in [2.75, 3.05) is 6.16 Å². The highest BCUT2D eigenvalue weighted by atomic mass is 32.4. The molecular weight excluding hydrogens is 235 g/mol. The topological polar surface area (TPSA) is 20.2 Å². The summed E-state index contributed by atoms with van der Waals surface area (Å²) in [6.45, 7) is 4.34. The molecule has 88 valence electrons. The lowest BCUT2D eigenvalue weighted by Gasteiger charge is -2.39. The second kappa shape index (κ2) is 4.60. The Hall–Kier alpha value is -0.170. The molecule has 1 aromatic rings. The summed E-state index contributed by atoms with van der Waals surface area (Å²) in [6, 6.07) is 9.05. The number of hydrogen-bond acceptors (Lipinski definition) is 2. The molecule has 0 saturated carbocycles. The maximum Gasteiger partial charge on any atom is 0.0575 e. The minimum absolute atomic E-state index is 0.158. The molecule has 0 spiro atoms. The van der Waals surface area contributed by atoms with Crippen molar-refractivity contribution in [3.63, 3.8) is 0 Å². The summed E-state index contributed by atoms with van der Waals surface area (Å²) in [5.74, 6) is 0.349. The van der Waals surface area contributed by atoms with Crippen LogP contribution in [-0.2, 0) is 11.8 Å². The molecule has 0 radical (unpaired) electrons. The van der Waals surface area contributed by atoms with Gasteiger partial charge in [0.25, 0.3) is 0 Å². The largest absolute Gasteiger partial charge is 0.393 e. The molecule has 1 aliphatic heterocycles. The van der Waals surface area contributed by atoms with Crippen molar-refractivity contribution < 1.29 is 5.11 Å². The van der Waals surface area contributed by atoms with Gasteiger partial charge in [-0.25, -0.2) is 0 Å². The fourth-order valence-corrected chi connectivity index (χ4v) is 7.26. The third kappa shape index (κ3) is 2.11. The Morgan fingerprint density at radius 2 is 1.88 bits per heavy atom. The number of rotatable bonds is 1. The Labute approximate surface area is 103 Å². The van der Waals surface area contributed by atoms with E-state index in [1.165, 1.54) is 5.30 Å². The van der Waals surface area contributed by atoms with E-state index in [4.69, 9.17) is 11.8 Å². The highest BCUT2D eigenvalue weighted by Crippen LogP contribution is 2.56. The number of aliphatic hydroxyl groups excluding tert-OH is 1. The summed E-state index contributed by atoms with van der Waals surface area (Å²) in [5, 5.41) is 11.2. The molecule has 0 unspecified atom stereocenters. The molecule has 1 nitrogen and oxygen atoms in total. The summed E-state index contributed by atoms with van der Waals surface area (Å²) in [7, 11) is 0. The van der Waals surface area contributed by atoms with Crippen LogP contribution < -0.4 is 5.30 Å². The van der Waals surface area contributed by atoms with E-state index in [-0.39, 0.29) is 6.10 Å². The molecule has 1 N–H and O–H groups in total. The van der Waals surface area contributed by atoms with Crippen LogP contribution in [0.3, 0.4) is 0 Å². The summed E-state index contributed by atoms with van der Waals surface area (Å²) >= 11 is 5.97. The van der Waals surface area contributed by atoms with Gasteiger partial charge in [-0.3, -0.25) is 0 Å². The minimum atomic E-state index is -1.48. The highest BCUT2D eigenvalue weighted by Gasteiger charge is 2.37. The zero-order chi connectivity index (χ0) is 11.8. The molecule has 0 aromatic heterocycles. The van der Waals surface area contributed by atoms with Gasteiger partial charge in [-0.15, -0.1) is 0 Å². The molecular formula is C13H19OPS. The fourth-order valence-electron chi connectivity index (χ4n) is 2.52. The lowest BCUT2D eigenvalue weighted by Crippen LogP contribution is -2.35. The number of hydrogen-bond donors (Lipinski definition) is 1. The van der Waals surface area contributed by atoms with Crippen LogP contribution >= 0.6 is 6.04 Å². The van der Waals surface area contributed by atoms with Gasteiger partial charge >= 0.3 is 0 Å². The second-order valence-corrected chi connectivity index (χ2v) is 10.3. The quantitative estimate of drug-likeness (QED) is 0.777. The fraction of sp³-hybridized carbons (Fsp3) is 0.538. The Morgan fingerprint density at radius 1 is 1.25 bits per heavy atom. The van der Waals surface area contributed by atoms with Gasteiger partial charge in [0.05, 0.1) is 6.10 Å². The number of benzene rings is 1. The second-order valence-electron chi connectivity index (χ2n) is 4.94. The van der Waals surface area contributed by atoms with Crippen LogP contribution in [0.1, 0.15) is 20.3 Å². The Morgan fingerprint density at radius 3 is 2.50 bits per heavy atom. The van der Waals surface area contributed by atoms with Crippen LogP contribution in [0.4, 0.5) is 0 Å². The van der Waals surface area contributed by atoms with Gasteiger partial charge < -0.3 is 5.11 Å². The molecule has 1 heterocycles. The van der Waals surface area contributed by atoms with E-state index < -0.39 is 6.04 Å². The maximum absolute atomic E-state index is 9.90. The first-order chi connectivity index (χ1) is 7.54. The van der Waals surface area contributed by atoms with E-state index in [1.807, 2.05) is 6.07 Å². The standard InChI is InChI=1S/C13H19OPS/c1-10-9-15(16,11(2)8-13(10)14)12-6-4-3-5-7-12/h3-7,10-11,13-14H,8-9H2,1-2H3/t10-,11-,13-,15+/m1/s1. The minimum Gasteiger partial charge on any atom is -0.393 e. The molecule has 2 rings (SSSR count). The van der Waals surface area contributed by atoms with Crippen LogP contribution in [0.5, 0.6) is 0 Å². The molecule has 1 fully saturated rings. The first-order valence-electron chi connectivity index (χ1n) is 5.86. The molecule has 1 aliphatic rings. The average Bonchev–Trinajstić information content (AvgIpc) is 2.28. The summed E-state index contributed by atoms with van der Waals surface area (Å²) in [4.78, 5) is 0. The first kappa shape index (κ1) is 12.3. The van der Waals surface area contributed by atoms with Crippen molar-refractivity contribution in [1.29, 1.82) is 0 Å². The average molecular weight is 254 g/mol. The Bertz CT molecular complexity index is 404. The van der Waals surface area contributed by atoms with Crippen molar-refractivity contribution in [3.05, 3.63) is 30.3 Å². The van der Waals surface area contributed by atoms with Gasteiger partial charge in [0, 0.05) is 0 Å². The zero-order valence-electron chi connectivity index (χ0n) is 9.84. The van der Waals surface area contributed by atoms with E-state index in [1.54, 1.807) is 0 Å². The van der Waals surface area contributed by atoms with E-state index in [0.29, 0.717) is 11.6 Å². The van der Waals surface area contributed by atoms with Crippen LogP contribution in [0.15, 0.2) is 30.3 Å². The van der Waals surface area contributed by atoms with E-state index in [2.05, 4.69) is 38.1 Å². The highest BCUT2D eigenvalue weighted by molar-refractivity contribution is 8.18. The third-order valence-corrected chi connectivity index (χ3v) is 9.79. The molecule has 0 amide bonds. The maximum atomic E-state index is 9.90. The molecule has 0 aliphatic carbocycles. The molecule has 4 atom stereocenters. The van der Waals surface area contributed by atoms with E-state index in [9.17, 15) is 5.11 Å². The van der Waals surface area contributed by atoms with Crippen molar-refractivity contribution in [2.24, 2.45) is 5.92 Å². The monoisotopic (exact) mass is 254 g/mol. The van der Waals surface area contributed by atoms with Crippen molar-refractivity contribution in [2.45, 2.75) is 32.0 Å². The van der Waals surface area contributed by atoms with Gasteiger partial charge in [-0.05, 0) is 35.5 Å². The molecule has 16 heavy (non-hydrogen) atoms.